The Bertz CT molecular complexity index is 514. The Morgan fingerprint density at radius 1 is 1.32 bits per heavy atom. The SMILES string of the molecule is CNS(=O)(=O)c1ccc(NC(=S)NCCOC)cc1. The van der Waals surface area contributed by atoms with Crippen LogP contribution in [-0.4, -0.2) is 40.8 Å². The van der Waals surface area contributed by atoms with E-state index in [0.717, 1.165) is 0 Å². The Hall–Kier alpha value is -1.22. The third kappa shape index (κ3) is 5.11. The van der Waals surface area contributed by atoms with Crippen molar-refractivity contribution >= 4 is 33.0 Å². The van der Waals surface area contributed by atoms with Crippen LogP contribution in [0.5, 0.6) is 0 Å². The molecule has 0 aliphatic rings. The van der Waals surface area contributed by atoms with Gasteiger partial charge < -0.3 is 15.4 Å². The van der Waals surface area contributed by atoms with Gasteiger partial charge in [0.15, 0.2) is 5.11 Å². The highest BCUT2D eigenvalue weighted by molar-refractivity contribution is 7.89. The number of sulfonamides is 1. The number of thiocarbonyl (C=S) groups is 1. The molecular formula is C11H17N3O3S2. The van der Waals surface area contributed by atoms with Crippen molar-refractivity contribution in [3.63, 3.8) is 0 Å². The van der Waals surface area contributed by atoms with Crippen LogP contribution >= 0.6 is 12.2 Å². The van der Waals surface area contributed by atoms with Crippen LogP contribution in [0.25, 0.3) is 0 Å². The Labute approximate surface area is 118 Å². The maximum atomic E-state index is 11.5. The lowest BCUT2D eigenvalue weighted by molar-refractivity contribution is 0.204. The minimum absolute atomic E-state index is 0.207. The van der Waals surface area contributed by atoms with Crippen LogP contribution in [0.2, 0.25) is 0 Å². The van der Waals surface area contributed by atoms with E-state index in [9.17, 15) is 8.42 Å². The molecule has 1 rings (SSSR count). The summed E-state index contributed by atoms with van der Waals surface area (Å²) >= 11 is 5.07. The number of hydrogen-bond acceptors (Lipinski definition) is 4. The number of ether oxygens (including phenoxy) is 1. The average Bonchev–Trinajstić information content (AvgIpc) is 2.39. The summed E-state index contributed by atoms with van der Waals surface area (Å²) in [5.74, 6) is 0. The molecule has 8 heteroatoms. The van der Waals surface area contributed by atoms with Crippen molar-refractivity contribution in [3.05, 3.63) is 24.3 Å². The number of nitrogens with one attached hydrogen (secondary N) is 3. The largest absolute Gasteiger partial charge is 0.383 e. The number of methoxy groups -OCH3 is 1. The van der Waals surface area contributed by atoms with E-state index in [2.05, 4.69) is 15.4 Å². The predicted molar refractivity (Wildman–Crippen MR) is 78.8 cm³/mol. The topological polar surface area (TPSA) is 79.5 Å². The summed E-state index contributed by atoms with van der Waals surface area (Å²) in [7, 11) is -0.422. The summed E-state index contributed by atoms with van der Waals surface area (Å²) in [5, 5.41) is 6.36. The van der Waals surface area contributed by atoms with Crippen LogP contribution < -0.4 is 15.4 Å². The zero-order valence-corrected chi connectivity index (χ0v) is 12.4. The first-order chi connectivity index (χ1) is 8.99. The number of hydrogen-bond donors (Lipinski definition) is 3. The Morgan fingerprint density at radius 2 is 1.95 bits per heavy atom. The molecule has 0 unspecified atom stereocenters. The van der Waals surface area contributed by atoms with Crippen molar-refractivity contribution in [2.24, 2.45) is 0 Å². The predicted octanol–water partition coefficient (Wildman–Crippen LogP) is 0.527. The summed E-state index contributed by atoms with van der Waals surface area (Å²) in [6, 6.07) is 6.31. The van der Waals surface area contributed by atoms with Gasteiger partial charge in [-0.1, -0.05) is 0 Å². The van der Waals surface area contributed by atoms with Gasteiger partial charge in [0.25, 0.3) is 0 Å². The van der Waals surface area contributed by atoms with Crippen molar-refractivity contribution in [3.8, 4) is 0 Å². The molecule has 0 saturated carbocycles. The molecular weight excluding hydrogens is 286 g/mol. The Morgan fingerprint density at radius 3 is 2.47 bits per heavy atom. The van der Waals surface area contributed by atoms with Crippen molar-refractivity contribution in [1.82, 2.24) is 10.0 Å². The second-order valence-electron chi connectivity index (χ2n) is 3.61. The smallest absolute Gasteiger partial charge is 0.240 e. The fourth-order valence-corrected chi connectivity index (χ4v) is 2.23. The van der Waals surface area contributed by atoms with E-state index in [4.69, 9.17) is 17.0 Å². The van der Waals surface area contributed by atoms with Crippen LogP contribution in [0.4, 0.5) is 5.69 Å². The van der Waals surface area contributed by atoms with E-state index in [0.29, 0.717) is 24.0 Å². The van der Waals surface area contributed by atoms with Crippen molar-refractivity contribution < 1.29 is 13.2 Å². The highest BCUT2D eigenvalue weighted by Gasteiger charge is 2.10. The van der Waals surface area contributed by atoms with Crippen molar-refractivity contribution in [2.45, 2.75) is 4.90 Å². The van der Waals surface area contributed by atoms with Gasteiger partial charge in [-0.05, 0) is 43.5 Å². The normalized spacial score (nSPS) is 11.1. The molecule has 6 nitrogen and oxygen atoms in total. The van der Waals surface area contributed by atoms with Crippen molar-refractivity contribution in [1.29, 1.82) is 0 Å². The summed E-state index contributed by atoms with van der Waals surface area (Å²) in [6.45, 7) is 1.16. The Kier molecular flexibility index (Phi) is 6.16. The summed E-state index contributed by atoms with van der Waals surface area (Å²) in [5.41, 5.74) is 0.713. The van der Waals surface area contributed by atoms with E-state index < -0.39 is 10.0 Å². The van der Waals surface area contributed by atoms with Gasteiger partial charge in [0, 0.05) is 19.3 Å². The van der Waals surface area contributed by atoms with Gasteiger partial charge >= 0.3 is 0 Å². The quantitative estimate of drug-likeness (QED) is 0.525. The van der Waals surface area contributed by atoms with Gasteiger partial charge in [-0.2, -0.15) is 0 Å². The molecule has 0 aliphatic heterocycles. The minimum atomic E-state index is -3.40. The highest BCUT2D eigenvalue weighted by atomic mass is 32.2. The molecule has 0 aromatic heterocycles. The van der Waals surface area contributed by atoms with Gasteiger partial charge in [0.1, 0.15) is 0 Å². The third-order valence-corrected chi connectivity index (χ3v) is 3.96. The fourth-order valence-electron chi connectivity index (χ4n) is 1.28. The molecule has 0 fully saturated rings. The van der Waals surface area contributed by atoms with Gasteiger partial charge in [0.05, 0.1) is 11.5 Å². The number of rotatable bonds is 6. The van der Waals surface area contributed by atoms with E-state index >= 15 is 0 Å². The zero-order valence-electron chi connectivity index (χ0n) is 10.8. The van der Waals surface area contributed by atoms with Crippen LogP contribution in [0, 0.1) is 0 Å². The first kappa shape index (κ1) is 15.8. The van der Waals surface area contributed by atoms with Crippen LogP contribution in [0.15, 0.2) is 29.2 Å². The van der Waals surface area contributed by atoms with Crippen molar-refractivity contribution in [2.75, 3.05) is 32.6 Å². The average molecular weight is 303 g/mol. The maximum absolute atomic E-state index is 11.5. The third-order valence-electron chi connectivity index (χ3n) is 2.28. The summed E-state index contributed by atoms with van der Waals surface area (Å²) in [6.07, 6.45) is 0. The second-order valence-corrected chi connectivity index (χ2v) is 5.90. The zero-order chi connectivity index (χ0) is 14.3. The van der Waals surface area contributed by atoms with Crippen LogP contribution in [-0.2, 0) is 14.8 Å². The Balaban J connectivity index is 2.60. The lowest BCUT2D eigenvalue weighted by Crippen LogP contribution is -2.31. The monoisotopic (exact) mass is 303 g/mol. The minimum Gasteiger partial charge on any atom is -0.383 e. The maximum Gasteiger partial charge on any atom is 0.240 e. The lowest BCUT2D eigenvalue weighted by atomic mass is 10.3. The molecule has 0 amide bonds. The first-order valence-electron chi connectivity index (χ1n) is 5.57. The van der Waals surface area contributed by atoms with E-state index in [1.165, 1.54) is 19.2 Å². The highest BCUT2D eigenvalue weighted by Crippen LogP contribution is 2.13. The second kappa shape index (κ2) is 7.39. The molecule has 0 radical (unpaired) electrons. The fraction of sp³-hybridized carbons (Fsp3) is 0.364. The number of anilines is 1. The molecule has 1 aromatic carbocycles. The molecule has 0 spiro atoms. The van der Waals surface area contributed by atoms with Crippen LogP contribution in [0.1, 0.15) is 0 Å². The van der Waals surface area contributed by atoms with E-state index in [-0.39, 0.29) is 4.90 Å². The number of benzene rings is 1. The van der Waals surface area contributed by atoms with E-state index in [1.54, 1.807) is 19.2 Å². The molecule has 0 saturated heterocycles. The molecule has 106 valence electrons. The molecule has 3 N–H and O–H groups in total. The summed E-state index contributed by atoms with van der Waals surface area (Å²) in [4.78, 5) is 0.207. The van der Waals surface area contributed by atoms with Gasteiger partial charge in [0.2, 0.25) is 10.0 Å². The van der Waals surface area contributed by atoms with Gasteiger partial charge in [-0.3, -0.25) is 0 Å². The molecule has 19 heavy (non-hydrogen) atoms. The molecule has 0 bridgehead atoms. The van der Waals surface area contributed by atoms with Crippen LogP contribution in [0.3, 0.4) is 0 Å². The molecule has 0 heterocycles. The molecule has 1 aromatic rings. The van der Waals surface area contributed by atoms with E-state index in [1.807, 2.05) is 0 Å². The lowest BCUT2D eigenvalue weighted by Gasteiger charge is -2.10. The molecule has 0 aliphatic carbocycles. The molecule has 0 atom stereocenters. The van der Waals surface area contributed by atoms with Gasteiger partial charge in [-0.15, -0.1) is 0 Å². The summed E-state index contributed by atoms with van der Waals surface area (Å²) < 4.78 is 30.2. The standard InChI is InChI=1S/C11H17N3O3S2/c1-12-19(15,16)10-5-3-9(4-6-10)14-11(18)13-7-8-17-2/h3-6,12H,7-8H2,1-2H3,(H2,13,14,18). The van der Waals surface area contributed by atoms with Gasteiger partial charge in [-0.25, -0.2) is 13.1 Å². The first-order valence-corrected chi connectivity index (χ1v) is 7.46.